The molecule has 0 bridgehead atoms. The van der Waals surface area contributed by atoms with Gasteiger partial charge in [0.1, 0.15) is 0 Å². The van der Waals surface area contributed by atoms with Crippen molar-refractivity contribution < 1.29 is 4.79 Å². The first kappa shape index (κ1) is 17.6. The Hall–Kier alpha value is -2.21. The van der Waals surface area contributed by atoms with Crippen LogP contribution in [-0.2, 0) is 6.42 Å². The minimum atomic E-state index is 0.0777. The summed E-state index contributed by atoms with van der Waals surface area (Å²) in [5.41, 5.74) is 4.06. The molecule has 0 N–H and O–H groups in total. The highest BCUT2D eigenvalue weighted by atomic mass is 32.2. The van der Waals surface area contributed by atoms with Crippen LogP contribution < -0.4 is 0 Å². The summed E-state index contributed by atoms with van der Waals surface area (Å²) in [5.74, 6) is 1.00. The van der Waals surface area contributed by atoms with Crippen molar-refractivity contribution in [2.45, 2.75) is 45.2 Å². The molecule has 1 aromatic carbocycles. The zero-order valence-electron chi connectivity index (χ0n) is 14.8. The minimum absolute atomic E-state index is 0.0777. The second-order valence-electron chi connectivity index (χ2n) is 6.05. The van der Waals surface area contributed by atoms with Gasteiger partial charge in [0.25, 0.3) is 5.78 Å². The fraction of sp³-hybridized carbons (Fsp3) is 0.368. The largest absolute Gasteiger partial charge is 0.293 e. The van der Waals surface area contributed by atoms with E-state index in [9.17, 15) is 4.79 Å². The average Bonchev–Trinajstić information content (AvgIpc) is 3.03. The van der Waals surface area contributed by atoms with E-state index in [1.54, 1.807) is 4.52 Å². The van der Waals surface area contributed by atoms with Gasteiger partial charge in [-0.25, -0.2) is 9.50 Å². The Morgan fingerprint density at radius 2 is 1.92 bits per heavy atom. The summed E-state index contributed by atoms with van der Waals surface area (Å²) in [6, 6.07) is 9.30. The molecule has 0 spiro atoms. The number of hydrogen-bond donors (Lipinski definition) is 0. The molecule has 6 heteroatoms. The number of aromatic nitrogens is 4. The van der Waals surface area contributed by atoms with E-state index >= 15 is 0 Å². The fourth-order valence-electron chi connectivity index (χ4n) is 2.80. The molecule has 5 nitrogen and oxygen atoms in total. The first-order valence-corrected chi connectivity index (χ1v) is 9.52. The predicted molar refractivity (Wildman–Crippen MR) is 100 cm³/mol. The highest BCUT2D eigenvalue weighted by Crippen LogP contribution is 2.20. The van der Waals surface area contributed by atoms with Gasteiger partial charge in [0.2, 0.25) is 5.16 Å². The van der Waals surface area contributed by atoms with Gasteiger partial charge in [-0.15, -0.1) is 5.10 Å². The SMILES string of the molecule is CCCCc1c(C)nc2nc(SCC(=O)c3ccccc3)nn2c1C. The van der Waals surface area contributed by atoms with E-state index in [1.807, 2.05) is 37.3 Å². The van der Waals surface area contributed by atoms with Crippen molar-refractivity contribution in [1.29, 1.82) is 0 Å². The normalized spacial score (nSPS) is 11.2. The Kier molecular flexibility index (Phi) is 5.48. The van der Waals surface area contributed by atoms with E-state index < -0.39 is 0 Å². The molecule has 0 amide bonds. The molecule has 3 rings (SSSR count). The van der Waals surface area contributed by atoms with Gasteiger partial charge >= 0.3 is 0 Å². The number of carbonyl (C=O) groups is 1. The molecule has 2 aromatic heterocycles. The number of benzene rings is 1. The lowest BCUT2D eigenvalue weighted by atomic mass is 10.1. The van der Waals surface area contributed by atoms with Gasteiger partial charge in [0.05, 0.1) is 5.75 Å². The lowest BCUT2D eigenvalue weighted by Gasteiger charge is -2.09. The summed E-state index contributed by atoms with van der Waals surface area (Å²) in [4.78, 5) is 21.3. The van der Waals surface area contributed by atoms with Crippen LogP contribution >= 0.6 is 11.8 Å². The topological polar surface area (TPSA) is 60.2 Å². The Bertz CT molecular complexity index is 889. The van der Waals surface area contributed by atoms with E-state index in [4.69, 9.17) is 0 Å². The van der Waals surface area contributed by atoms with E-state index in [-0.39, 0.29) is 5.78 Å². The van der Waals surface area contributed by atoms with Gasteiger partial charge in [-0.2, -0.15) is 4.98 Å². The summed E-state index contributed by atoms with van der Waals surface area (Å²) >= 11 is 1.35. The smallest absolute Gasteiger partial charge is 0.253 e. The summed E-state index contributed by atoms with van der Waals surface area (Å²) in [5, 5.41) is 5.13. The highest BCUT2D eigenvalue weighted by Gasteiger charge is 2.14. The third-order valence-electron chi connectivity index (χ3n) is 4.24. The Morgan fingerprint density at radius 3 is 2.64 bits per heavy atom. The molecule has 0 aliphatic carbocycles. The molecule has 0 fully saturated rings. The molecular weight excluding hydrogens is 332 g/mol. The van der Waals surface area contributed by atoms with Crippen LogP contribution in [0.4, 0.5) is 0 Å². The van der Waals surface area contributed by atoms with E-state index in [0.717, 1.165) is 30.7 Å². The number of nitrogens with zero attached hydrogens (tertiary/aromatic N) is 4. The number of carbonyl (C=O) groups excluding carboxylic acids is 1. The van der Waals surface area contributed by atoms with Crippen LogP contribution in [0.2, 0.25) is 0 Å². The highest BCUT2D eigenvalue weighted by molar-refractivity contribution is 7.99. The predicted octanol–water partition coefficient (Wildman–Crippen LogP) is 4.06. The number of thioether (sulfide) groups is 1. The lowest BCUT2D eigenvalue weighted by molar-refractivity contribution is 0.102. The summed E-state index contributed by atoms with van der Waals surface area (Å²) in [6.07, 6.45) is 3.29. The van der Waals surface area contributed by atoms with Gasteiger partial charge in [0.15, 0.2) is 5.78 Å². The van der Waals surface area contributed by atoms with Crippen molar-refractivity contribution >= 4 is 23.3 Å². The van der Waals surface area contributed by atoms with Crippen LogP contribution in [0, 0.1) is 13.8 Å². The first-order chi connectivity index (χ1) is 12.1. The summed E-state index contributed by atoms with van der Waals surface area (Å²) in [7, 11) is 0. The summed E-state index contributed by atoms with van der Waals surface area (Å²) in [6.45, 7) is 6.27. The number of hydrogen-bond acceptors (Lipinski definition) is 5. The third-order valence-corrected chi connectivity index (χ3v) is 5.08. The van der Waals surface area contributed by atoms with Gasteiger partial charge in [-0.3, -0.25) is 4.79 Å². The Balaban J connectivity index is 1.79. The monoisotopic (exact) mass is 354 g/mol. The van der Waals surface area contributed by atoms with Crippen LogP contribution in [0.5, 0.6) is 0 Å². The van der Waals surface area contributed by atoms with Gasteiger partial charge in [-0.05, 0) is 32.3 Å². The van der Waals surface area contributed by atoms with E-state index in [0.29, 0.717) is 22.3 Å². The molecular formula is C19H22N4OS. The van der Waals surface area contributed by atoms with E-state index in [1.165, 1.54) is 17.3 Å². The standard InChI is InChI=1S/C19H22N4OS/c1-4-5-11-16-13(2)20-18-21-19(22-23(18)14(16)3)25-12-17(24)15-9-7-6-8-10-15/h6-10H,4-5,11-12H2,1-3H3. The number of rotatable bonds is 7. The number of ketones is 1. The van der Waals surface area contributed by atoms with Crippen molar-refractivity contribution in [3.63, 3.8) is 0 Å². The van der Waals surface area contributed by atoms with Crippen LogP contribution in [0.3, 0.4) is 0 Å². The Labute approximate surface area is 151 Å². The van der Waals surface area contributed by atoms with E-state index in [2.05, 4.69) is 28.9 Å². The van der Waals surface area contributed by atoms with Crippen LogP contribution in [0.1, 0.15) is 47.1 Å². The third kappa shape index (κ3) is 3.90. The number of Topliss-reactive ketones (excluding diaryl/α,β-unsaturated/α-hetero) is 1. The van der Waals surface area contributed by atoms with Crippen molar-refractivity contribution in [1.82, 2.24) is 19.6 Å². The quantitative estimate of drug-likeness (QED) is 0.473. The second-order valence-corrected chi connectivity index (χ2v) is 6.99. The van der Waals surface area contributed by atoms with Gasteiger partial charge in [0, 0.05) is 17.0 Å². The zero-order valence-corrected chi connectivity index (χ0v) is 15.6. The molecule has 130 valence electrons. The van der Waals surface area contributed by atoms with Gasteiger partial charge in [-0.1, -0.05) is 55.4 Å². The molecule has 3 aromatic rings. The number of aryl methyl sites for hydroxylation is 2. The lowest BCUT2D eigenvalue weighted by Crippen LogP contribution is -2.05. The second kappa shape index (κ2) is 7.78. The number of fused-ring (bicyclic) bond motifs is 1. The maximum atomic E-state index is 12.2. The van der Waals surface area contributed by atoms with Crippen molar-refractivity contribution in [3.05, 3.63) is 52.8 Å². The number of unbranched alkanes of at least 4 members (excludes halogenated alkanes) is 1. The fourth-order valence-corrected chi connectivity index (χ4v) is 3.52. The van der Waals surface area contributed by atoms with Crippen LogP contribution in [-0.4, -0.2) is 31.1 Å². The molecule has 0 atom stereocenters. The van der Waals surface area contributed by atoms with Crippen molar-refractivity contribution in [2.24, 2.45) is 0 Å². The van der Waals surface area contributed by atoms with Crippen LogP contribution in [0.25, 0.3) is 5.78 Å². The van der Waals surface area contributed by atoms with Crippen LogP contribution in [0.15, 0.2) is 35.5 Å². The van der Waals surface area contributed by atoms with Crippen molar-refractivity contribution in [3.8, 4) is 0 Å². The molecule has 0 radical (unpaired) electrons. The summed E-state index contributed by atoms with van der Waals surface area (Å²) < 4.78 is 1.80. The maximum Gasteiger partial charge on any atom is 0.253 e. The maximum absolute atomic E-state index is 12.2. The zero-order chi connectivity index (χ0) is 17.8. The molecule has 0 saturated heterocycles. The molecule has 0 unspecified atom stereocenters. The Morgan fingerprint density at radius 1 is 1.16 bits per heavy atom. The van der Waals surface area contributed by atoms with Gasteiger partial charge < -0.3 is 0 Å². The minimum Gasteiger partial charge on any atom is -0.293 e. The average molecular weight is 354 g/mol. The molecule has 0 aliphatic heterocycles. The van der Waals surface area contributed by atoms with Crippen molar-refractivity contribution in [2.75, 3.05) is 5.75 Å². The molecule has 0 saturated carbocycles. The molecule has 25 heavy (non-hydrogen) atoms. The molecule has 2 heterocycles. The first-order valence-electron chi connectivity index (χ1n) is 8.54. The molecule has 0 aliphatic rings.